The molecule has 0 aliphatic carbocycles. The maximum Gasteiger partial charge on any atom is 0.329 e. The number of carbonyl (C=O) groups excluding carboxylic acids is 3. The predicted molar refractivity (Wildman–Crippen MR) is 132 cm³/mol. The fraction of sp³-hybridized carbons (Fsp3) is 0.120. The maximum atomic E-state index is 12.2. The monoisotopic (exact) mass is 508 g/mol. The lowest BCUT2D eigenvalue weighted by atomic mass is 10.2. The molecule has 10 nitrogen and oxygen atoms in total. The van der Waals surface area contributed by atoms with Crippen LogP contribution in [0.5, 0.6) is 17.2 Å². The number of para-hydroxylation sites is 1. The molecule has 11 heteroatoms. The van der Waals surface area contributed by atoms with Gasteiger partial charge in [-0.1, -0.05) is 35.9 Å². The molecule has 0 spiro atoms. The number of anilines is 1. The first kappa shape index (κ1) is 24.6. The van der Waals surface area contributed by atoms with Gasteiger partial charge in [0.05, 0.1) is 6.21 Å². The molecule has 36 heavy (non-hydrogen) atoms. The lowest BCUT2D eigenvalue weighted by Gasteiger charge is -2.10. The Bertz CT molecular complexity index is 1310. The minimum Gasteiger partial charge on any atom is -0.483 e. The number of amides is 3. The maximum absolute atomic E-state index is 12.2. The highest BCUT2D eigenvalue weighted by molar-refractivity contribution is 6.35. The summed E-state index contributed by atoms with van der Waals surface area (Å²) in [6.07, 6.45) is 1.31. The number of fused-ring (bicyclic) bond motifs is 1. The molecule has 3 aromatic rings. The van der Waals surface area contributed by atoms with Crippen molar-refractivity contribution in [2.45, 2.75) is 6.54 Å². The molecule has 1 aliphatic rings. The number of hydrazone groups is 1. The first-order valence-electron chi connectivity index (χ1n) is 10.7. The Kier molecular flexibility index (Phi) is 7.99. The summed E-state index contributed by atoms with van der Waals surface area (Å²) in [5.74, 6) is -0.597. The summed E-state index contributed by atoms with van der Waals surface area (Å²) in [6.45, 7) is 0.0163. The molecule has 3 amide bonds. The van der Waals surface area contributed by atoms with Gasteiger partial charge in [0.25, 0.3) is 5.91 Å². The van der Waals surface area contributed by atoms with Crippen molar-refractivity contribution in [2.24, 2.45) is 5.10 Å². The number of hydrogen-bond donors (Lipinski definition) is 3. The van der Waals surface area contributed by atoms with Crippen LogP contribution in [0.25, 0.3) is 0 Å². The van der Waals surface area contributed by atoms with E-state index in [0.29, 0.717) is 33.5 Å². The molecular weight excluding hydrogens is 488 g/mol. The van der Waals surface area contributed by atoms with Crippen LogP contribution in [0.2, 0.25) is 5.02 Å². The Labute approximate surface area is 211 Å². The molecule has 4 rings (SSSR count). The van der Waals surface area contributed by atoms with E-state index in [1.807, 2.05) is 0 Å². The van der Waals surface area contributed by atoms with Gasteiger partial charge in [-0.2, -0.15) is 5.10 Å². The Morgan fingerprint density at radius 2 is 1.81 bits per heavy atom. The second-order valence-electron chi connectivity index (χ2n) is 7.45. The molecule has 0 unspecified atom stereocenters. The predicted octanol–water partition coefficient (Wildman–Crippen LogP) is 2.85. The van der Waals surface area contributed by atoms with Crippen LogP contribution >= 0.6 is 11.6 Å². The highest BCUT2D eigenvalue weighted by atomic mass is 35.5. The molecule has 0 bridgehead atoms. The molecule has 0 atom stereocenters. The number of nitrogens with zero attached hydrogens (tertiary/aromatic N) is 1. The summed E-state index contributed by atoms with van der Waals surface area (Å²) in [5.41, 5.74) is 3.95. The van der Waals surface area contributed by atoms with Crippen LogP contribution in [0.15, 0.2) is 71.8 Å². The second-order valence-corrected chi connectivity index (χ2v) is 7.89. The molecular formula is C25H21ClN4O6. The molecule has 1 heterocycles. The molecule has 184 valence electrons. The van der Waals surface area contributed by atoms with Crippen molar-refractivity contribution in [3.05, 3.63) is 82.9 Å². The minimum atomic E-state index is -0.939. The number of hydrogen-bond acceptors (Lipinski definition) is 7. The average molecular weight is 509 g/mol. The largest absolute Gasteiger partial charge is 0.483 e. The van der Waals surface area contributed by atoms with Crippen molar-refractivity contribution in [3.8, 4) is 17.2 Å². The number of ether oxygens (including phenoxy) is 3. The molecule has 3 N–H and O–H groups in total. The van der Waals surface area contributed by atoms with Crippen LogP contribution in [0.4, 0.5) is 5.69 Å². The smallest absolute Gasteiger partial charge is 0.329 e. The van der Waals surface area contributed by atoms with Crippen LogP contribution in [0.1, 0.15) is 11.1 Å². The third kappa shape index (κ3) is 6.73. The highest BCUT2D eigenvalue weighted by Gasteiger charge is 2.15. The normalized spacial score (nSPS) is 11.7. The minimum absolute atomic E-state index is 0.126. The first-order valence-corrected chi connectivity index (χ1v) is 11.1. The summed E-state index contributed by atoms with van der Waals surface area (Å²) in [7, 11) is 0. The van der Waals surface area contributed by atoms with Crippen LogP contribution in [0.3, 0.4) is 0 Å². The van der Waals surface area contributed by atoms with Crippen molar-refractivity contribution in [2.75, 3.05) is 18.7 Å². The van der Waals surface area contributed by atoms with Gasteiger partial charge in [-0.15, -0.1) is 0 Å². The molecule has 0 fully saturated rings. The Balaban J connectivity index is 1.25. The van der Waals surface area contributed by atoms with Crippen molar-refractivity contribution >= 4 is 41.2 Å². The summed E-state index contributed by atoms with van der Waals surface area (Å²) >= 11 is 5.92. The van der Waals surface area contributed by atoms with Gasteiger partial charge in [0.1, 0.15) is 5.75 Å². The Morgan fingerprint density at radius 3 is 2.67 bits per heavy atom. The van der Waals surface area contributed by atoms with Crippen LogP contribution in [-0.2, 0) is 20.9 Å². The second kappa shape index (κ2) is 11.7. The lowest BCUT2D eigenvalue weighted by molar-refractivity contribution is -0.139. The van der Waals surface area contributed by atoms with E-state index in [4.69, 9.17) is 25.8 Å². The average Bonchev–Trinajstić information content (AvgIpc) is 3.34. The van der Waals surface area contributed by atoms with Crippen molar-refractivity contribution < 1.29 is 28.6 Å². The number of nitrogens with one attached hydrogen (secondary N) is 3. The van der Waals surface area contributed by atoms with E-state index >= 15 is 0 Å². The first-order chi connectivity index (χ1) is 17.5. The van der Waals surface area contributed by atoms with E-state index < -0.39 is 11.8 Å². The third-order valence-electron chi connectivity index (χ3n) is 4.85. The van der Waals surface area contributed by atoms with E-state index in [1.165, 1.54) is 6.21 Å². The van der Waals surface area contributed by atoms with Crippen molar-refractivity contribution in [1.82, 2.24) is 10.7 Å². The van der Waals surface area contributed by atoms with Crippen molar-refractivity contribution in [3.63, 3.8) is 0 Å². The number of halogens is 1. The fourth-order valence-corrected chi connectivity index (χ4v) is 3.34. The van der Waals surface area contributed by atoms with E-state index in [0.717, 1.165) is 5.56 Å². The SMILES string of the molecule is O=C(COc1ccccc1/C=N\NC(=O)C(=O)NCc1ccc2c(c1)OCO2)Nc1cccc(Cl)c1. The van der Waals surface area contributed by atoms with Gasteiger partial charge < -0.3 is 24.8 Å². The third-order valence-corrected chi connectivity index (χ3v) is 5.09. The standard InChI is InChI=1S/C25H21ClN4O6/c26-18-5-3-6-19(11-18)29-23(31)14-34-20-7-2-1-4-17(20)13-28-30-25(33)24(32)27-12-16-8-9-21-22(10-16)36-15-35-21/h1-11,13H,12,14-15H2,(H,27,32)(H,29,31)(H,30,33)/b28-13-. The van der Waals surface area contributed by atoms with E-state index in [1.54, 1.807) is 66.7 Å². The Hall–Kier alpha value is -4.57. The van der Waals surface area contributed by atoms with Crippen LogP contribution < -0.4 is 30.3 Å². The number of rotatable bonds is 8. The van der Waals surface area contributed by atoms with Gasteiger partial charge in [-0.25, -0.2) is 5.43 Å². The summed E-state index contributed by atoms with van der Waals surface area (Å²) < 4.78 is 16.1. The molecule has 1 aliphatic heterocycles. The van der Waals surface area contributed by atoms with Crippen LogP contribution in [0, 0.1) is 0 Å². The fourth-order valence-electron chi connectivity index (χ4n) is 3.15. The lowest BCUT2D eigenvalue weighted by Crippen LogP contribution is -2.37. The summed E-state index contributed by atoms with van der Waals surface area (Å²) in [6, 6.07) is 18.8. The highest BCUT2D eigenvalue weighted by Crippen LogP contribution is 2.32. The van der Waals surface area contributed by atoms with Gasteiger partial charge in [0, 0.05) is 22.8 Å². The van der Waals surface area contributed by atoms with Crippen LogP contribution in [-0.4, -0.2) is 37.3 Å². The van der Waals surface area contributed by atoms with Crippen molar-refractivity contribution in [1.29, 1.82) is 0 Å². The zero-order chi connectivity index (χ0) is 25.3. The number of benzene rings is 3. The van der Waals surface area contributed by atoms with E-state index in [-0.39, 0.29) is 25.9 Å². The molecule has 0 saturated heterocycles. The topological polar surface area (TPSA) is 127 Å². The summed E-state index contributed by atoms with van der Waals surface area (Å²) in [5, 5.41) is 9.50. The van der Waals surface area contributed by atoms with Gasteiger partial charge in [-0.3, -0.25) is 14.4 Å². The molecule has 0 saturated carbocycles. The quantitative estimate of drug-likeness (QED) is 0.244. The van der Waals surface area contributed by atoms with Gasteiger partial charge in [-0.05, 0) is 48.0 Å². The van der Waals surface area contributed by atoms with E-state index in [2.05, 4.69) is 21.2 Å². The van der Waals surface area contributed by atoms with Gasteiger partial charge >= 0.3 is 11.8 Å². The molecule has 0 radical (unpaired) electrons. The van der Waals surface area contributed by atoms with Gasteiger partial charge in [0.15, 0.2) is 18.1 Å². The zero-order valence-corrected chi connectivity index (χ0v) is 19.6. The van der Waals surface area contributed by atoms with E-state index in [9.17, 15) is 14.4 Å². The zero-order valence-electron chi connectivity index (χ0n) is 18.8. The molecule has 0 aromatic heterocycles. The van der Waals surface area contributed by atoms with Gasteiger partial charge in [0.2, 0.25) is 6.79 Å². The molecule has 3 aromatic carbocycles. The summed E-state index contributed by atoms with van der Waals surface area (Å²) in [4.78, 5) is 36.3. The number of carbonyl (C=O) groups is 3. The Morgan fingerprint density at radius 1 is 0.972 bits per heavy atom.